The molecule has 0 aliphatic heterocycles. The Kier molecular flexibility index (Phi) is 4.91. The van der Waals surface area contributed by atoms with Crippen molar-refractivity contribution in [2.75, 3.05) is 6.54 Å². The lowest BCUT2D eigenvalue weighted by Gasteiger charge is -2.22. The smallest absolute Gasteiger partial charge is 0.251 e. The molecule has 1 aromatic rings. The fourth-order valence-electron chi connectivity index (χ4n) is 1.82. The summed E-state index contributed by atoms with van der Waals surface area (Å²) in [6.07, 6.45) is 0.187. The highest BCUT2D eigenvalue weighted by Gasteiger charge is 2.20. The van der Waals surface area contributed by atoms with Crippen LogP contribution in [-0.4, -0.2) is 23.7 Å². The minimum atomic E-state index is -0.386. The van der Waals surface area contributed by atoms with Gasteiger partial charge >= 0.3 is 0 Å². The lowest BCUT2D eigenvalue weighted by atomic mass is 9.83. The number of hydrogen-bond donors (Lipinski definition) is 2. The summed E-state index contributed by atoms with van der Waals surface area (Å²) in [5, 5.41) is 12.0. The Bertz CT molecular complexity index is 405. The third-order valence-electron chi connectivity index (χ3n) is 2.83. The second-order valence-electron chi connectivity index (χ2n) is 5.69. The minimum Gasteiger partial charge on any atom is -0.393 e. The summed E-state index contributed by atoms with van der Waals surface area (Å²) in [6, 6.07) is 7.66. The molecule has 0 heterocycles. The molecule has 0 aliphatic rings. The van der Waals surface area contributed by atoms with Crippen molar-refractivity contribution in [3.05, 3.63) is 35.4 Å². The molecule has 0 aromatic heterocycles. The van der Waals surface area contributed by atoms with Crippen molar-refractivity contribution in [3.8, 4) is 0 Å². The first-order chi connectivity index (χ1) is 8.32. The molecule has 1 atom stereocenters. The van der Waals surface area contributed by atoms with E-state index in [1.807, 2.05) is 24.3 Å². The third-order valence-corrected chi connectivity index (χ3v) is 2.83. The van der Waals surface area contributed by atoms with Gasteiger partial charge in [0.25, 0.3) is 5.91 Å². The zero-order valence-corrected chi connectivity index (χ0v) is 11.7. The molecule has 0 radical (unpaired) electrons. The summed E-state index contributed by atoms with van der Waals surface area (Å²) in [6.45, 7) is 8.49. The lowest BCUT2D eigenvalue weighted by Crippen LogP contribution is -2.29. The van der Waals surface area contributed by atoms with E-state index in [1.165, 1.54) is 0 Å². The minimum absolute atomic E-state index is 0.0573. The van der Waals surface area contributed by atoms with Gasteiger partial charge in [0.2, 0.25) is 0 Å². The molecule has 1 rings (SSSR count). The maximum Gasteiger partial charge on any atom is 0.251 e. The molecule has 0 spiro atoms. The van der Waals surface area contributed by atoms with Crippen molar-refractivity contribution in [2.24, 2.45) is 0 Å². The highest BCUT2D eigenvalue weighted by Crippen LogP contribution is 2.25. The van der Waals surface area contributed by atoms with E-state index in [2.05, 4.69) is 26.1 Å². The van der Waals surface area contributed by atoms with Gasteiger partial charge in [-0.3, -0.25) is 4.79 Å². The van der Waals surface area contributed by atoms with Gasteiger partial charge in [0, 0.05) is 12.1 Å². The monoisotopic (exact) mass is 249 g/mol. The molecule has 3 nitrogen and oxygen atoms in total. The summed E-state index contributed by atoms with van der Waals surface area (Å²) in [5.41, 5.74) is 1.70. The SMILES string of the molecule is CC(O)CCNC(=O)c1ccccc1C(C)(C)C. The summed E-state index contributed by atoms with van der Waals surface area (Å²) in [5.74, 6) is -0.0684. The molecule has 0 fully saturated rings. The average molecular weight is 249 g/mol. The standard InChI is InChI=1S/C15H23NO2/c1-11(17)9-10-16-14(18)12-7-5-6-8-13(12)15(2,3)4/h5-8,11,17H,9-10H2,1-4H3,(H,16,18). The molecule has 100 valence electrons. The Balaban J connectivity index is 2.80. The topological polar surface area (TPSA) is 49.3 Å². The quantitative estimate of drug-likeness (QED) is 0.861. The number of aliphatic hydroxyl groups is 1. The van der Waals surface area contributed by atoms with Crippen LogP contribution in [0.3, 0.4) is 0 Å². The van der Waals surface area contributed by atoms with Crippen LogP contribution >= 0.6 is 0 Å². The number of benzene rings is 1. The Morgan fingerprint density at radius 2 is 1.94 bits per heavy atom. The van der Waals surface area contributed by atoms with Gasteiger partial charge in [-0.25, -0.2) is 0 Å². The van der Waals surface area contributed by atoms with Gasteiger partial charge in [0.15, 0.2) is 0 Å². The molecular weight excluding hydrogens is 226 g/mol. The second-order valence-corrected chi connectivity index (χ2v) is 5.69. The molecule has 1 aromatic carbocycles. The third kappa shape index (κ3) is 4.15. The van der Waals surface area contributed by atoms with Gasteiger partial charge in [0.05, 0.1) is 6.10 Å². The first-order valence-electron chi connectivity index (χ1n) is 6.38. The second kappa shape index (κ2) is 6.01. The fraction of sp³-hybridized carbons (Fsp3) is 0.533. The fourth-order valence-corrected chi connectivity index (χ4v) is 1.82. The summed E-state index contributed by atoms with van der Waals surface area (Å²) < 4.78 is 0. The molecule has 0 aliphatic carbocycles. The van der Waals surface area contributed by atoms with E-state index in [1.54, 1.807) is 6.92 Å². The van der Waals surface area contributed by atoms with E-state index in [0.29, 0.717) is 13.0 Å². The zero-order chi connectivity index (χ0) is 13.8. The van der Waals surface area contributed by atoms with Crippen LogP contribution in [0.2, 0.25) is 0 Å². The molecule has 18 heavy (non-hydrogen) atoms. The normalized spacial score (nSPS) is 13.2. The van der Waals surface area contributed by atoms with Crippen molar-refractivity contribution < 1.29 is 9.90 Å². The van der Waals surface area contributed by atoms with Crippen molar-refractivity contribution >= 4 is 5.91 Å². The Morgan fingerprint density at radius 3 is 2.50 bits per heavy atom. The maximum absolute atomic E-state index is 12.1. The van der Waals surface area contributed by atoms with Crippen molar-refractivity contribution in [2.45, 2.75) is 45.6 Å². The number of nitrogens with one attached hydrogen (secondary N) is 1. The number of rotatable bonds is 4. The molecule has 2 N–H and O–H groups in total. The van der Waals surface area contributed by atoms with E-state index in [0.717, 1.165) is 11.1 Å². The van der Waals surface area contributed by atoms with Gasteiger partial charge in [-0.2, -0.15) is 0 Å². The zero-order valence-electron chi connectivity index (χ0n) is 11.7. The molecular formula is C15H23NO2. The number of carbonyl (C=O) groups excluding carboxylic acids is 1. The summed E-state index contributed by atoms with van der Waals surface area (Å²) in [4.78, 5) is 12.1. The molecule has 1 unspecified atom stereocenters. The van der Waals surface area contributed by atoms with Crippen LogP contribution in [0.15, 0.2) is 24.3 Å². The number of amides is 1. The molecule has 0 saturated carbocycles. The van der Waals surface area contributed by atoms with Crippen LogP contribution in [0, 0.1) is 0 Å². The van der Waals surface area contributed by atoms with Gasteiger partial charge in [-0.1, -0.05) is 39.0 Å². The molecule has 1 amide bonds. The summed E-state index contributed by atoms with van der Waals surface area (Å²) >= 11 is 0. The average Bonchev–Trinajstić information content (AvgIpc) is 2.27. The molecule has 0 bridgehead atoms. The van der Waals surface area contributed by atoms with E-state index < -0.39 is 0 Å². The van der Waals surface area contributed by atoms with Gasteiger partial charge in [-0.15, -0.1) is 0 Å². The van der Waals surface area contributed by atoms with Gasteiger partial charge < -0.3 is 10.4 Å². The molecule has 0 saturated heterocycles. The van der Waals surface area contributed by atoms with Crippen molar-refractivity contribution in [3.63, 3.8) is 0 Å². The van der Waals surface area contributed by atoms with Crippen molar-refractivity contribution in [1.82, 2.24) is 5.32 Å². The first-order valence-corrected chi connectivity index (χ1v) is 6.38. The predicted octanol–water partition coefficient (Wildman–Crippen LogP) is 2.48. The largest absolute Gasteiger partial charge is 0.393 e. The van der Waals surface area contributed by atoms with Crippen molar-refractivity contribution in [1.29, 1.82) is 0 Å². The van der Waals surface area contributed by atoms with Crippen LogP contribution < -0.4 is 5.32 Å². The Hall–Kier alpha value is -1.35. The number of carbonyl (C=O) groups is 1. The number of hydrogen-bond acceptors (Lipinski definition) is 2. The van der Waals surface area contributed by atoms with Gasteiger partial charge in [0.1, 0.15) is 0 Å². The highest BCUT2D eigenvalue weighted by molar-refractivity contribution is 5.96. The predicted molar refractivity (Wildman–Crippen MR) is 73.8 cm³/mol. The first kappa shape index (κ1) is 14.7. The van der Waals surface area contributed by atoms with Crippen LogP contribution in [0.4, 0.5) is 0 Å². The summed E-state index contributed by atoms with van der Waals surface area (Å²) in [7, 11) is 0. The maximum atomic E-state index is 12.1. The van der Waals surface area contributed by atoms with Gasteiger partial charge in [-0.05, 0) is 30.4 Å². The van der Waals surface area contributed by atoms with E-state index in [9.17, 15) is 4.79 Å². The lowest BCUT2D eigenvalue weighted by molar-refractivity contribution is 0.0943. The Morgan fingerprint density at radius 1 is 1.33 bits per heavy atom. The van der Waals surface area contributed by atoms with Crippen LogP contribution in [0.1, 0.15) is 50.0 Å². The van der Waals surface area contributed by atoms with Crippen LogP contribution in [-0.2, 0) is 5.41 Å². The van der Waals surface area contributed by atoms with Crippen LogP contribution in [0.25, 0.3) is 0 Å². The highest BCUT2D eigenvalue weighted by atomic mass is 16.3. The van der Waals surface area contributed by atoms with E-state index in [-0.39, 0.29) is 17.4 Å². The van der Waals surface area contributed by atoms with E-state index >= 15 is 0 Å². The molecule has 3 heteroatoms. The van der Waals surface area contributed by atoms with E-state index in [4.69, 9.17) is 5.11 Å². The van der Waals surface area contributed by atoms with Crippen LogP contribution in [0.5, 0.6) is 0 Å². The Labute approximate surface area is 109 Å². The number of aliphatic hydroxyl groups excluding tert-OH is 1.